The highest BCUT2D eigenvalue weighted by Crippen LogP contribution is 2.54. The van der Waals surface area contributed by atoms with E-state index in [1.165, 1.54) is 37.2 Å². The normalized spacial score (nSPS) is 15.8. The molecule has 1 aliphatic carbocycles. The molecule has 232 valence electrons. The van der Waals surface area contributed by atoms with Gasteiger partial charge in [-0.05, 0) is 53.3 Å². The Morgan fingerprint density at radius 2 is 1.31 bits per heavy atom. The molecule has 0 saturated carbocycles. The van der Waals surface area contributed by atoms with Gasteiger partial charge in [-0.25, -0.2) is 9.97 Å². The Morgan fingerprint density at radius 1 is 0.667 bits per heavy atom. The Morgan fingerprint density at radius 3 is 2.04 bits per heavy atom. The van der Waals surface area contributed by atoms with Gasteiger partial charge in [0.05, 0.1) is 16.1 Å². The Balaban J connectivity index is 1.07. The van der Waals surface area contributed by atoms with Crippen molar-refractivity contribution >= 4 is 27.5 Å². The smallest absolute Gasteiger partial charge is 0.160 e. The fourth-order valence-corrected chi connectivity index (χ4v) is 8.68. The zero-order valence-corrected chi connectivity index (χ0v) is 28.0. The molecule has 1 aliphatic heterocycles. The number of thiophene rings is 1. The van der Waals surface area contributed by atoms with Crippen molar-refractivity contribution in [3.63, 3.8) is 0 Å². The quantitative estimate of drug-likeness (QED) is 0.192. The molecule has 0 saturated heterocycles. The van der Waals surface area contributed by atoms with Crippen LogP contribution in [0.4, 0.5) is 0 Å². The maximum Gasteiger partial charge on any atom is 0.160 e. The van der Waals surface area contributed by atoms with Crippen molar-refractivity contribution < 1.29 is 4.74 Å². The van der Waals surface area contributed by atoms with Gasteiger partial charge in [0.15, 0.2) is 5.82 Å². The molecule has 5 aromatic carbocycles. The highest BCUT2D eigenvalue weighted by atomic mass is 32.1. The summed E-state index contributed by atoms with van der Waals surface area (Å²) in [5, 5.41) is 1.34. The highest BCUT2D eigenvalue weighted by Gasteiger charge is 2.36. The molecular formula is C44H34N2OS. The largest absolute Gasteiger partial charge is 0.455 e. The Hall–Kier alpha value is -5.32. The number of nitrogens with zero attached hydrogens (tertiary/aromatic N) is 2. The second-order valence-corrected chi connectivity index (χ2v) is 14.5. The third kappa shape index (κ3) is 4.70. The van der Waals surface area contributed by atoms with Crippen molar-refractivity contribution in [1.82, 2.24) is 9.97 Å². The van der Waals surface area contributed by atoms with Crippen LogP contribution < -0.4 is 4.74 Å². The third-order valence-electron chi connectivity index (χ3n) is 10.0. The first-order valence-electron chi connectivity index (χ1n) is 16.6. The first kappa shape index (κ1) is 28.9. The second-order valence-electron chi connectivity index (χ2n) is 13.4. The molecule has 0 spiro atoms. The van der Waals surface area contributed by atoms with Crippen molar-refractivity contribution in [2.75, 3.05) is 0 Å². The lowest BCUT2D eigenvalue weighted by molar-refractivity contribution is 0.423. The Bertz CT molecular complexity index is 2310. The first-order valence-corrected chi connectivity index (χ1v) is 17.5. The molecule has 0 radical (unpaired) electrons. The van der Waals surface area contributed by atoms with E-state index in [2.05, 4.69) is 118 Å². The van der Waals surface area contributed by atoms with Crippen LogP contribution in [0.3, 0.4) is 0 Å². The first-order chi connectivity index (χ1) is 23.4. The Kier molecular flexibility index (Phi) is 6.70. The molecule has 1 unspecified atom stereocenters. The highest BCUT2D eigenvalue weighted by molar-refractivity contribution is 7.20. The number of aromatic nitrogens is 2. The number of allylic oxidation sites excluding steroid dienone is 1. The fraction of sp³-hybridized carbons (Fsp3) is 0.136. The molecule has 3 nitrogen and oxygen atoms in total. The van der Waals surface area contributed by atoms with Gasteiger partial charge in [0.1, 0.15) is 11.5 Å². The summed E-state index contributed by atoms with van der Waals surface area (Å²) in [7, 11) is 0. The van der Waals surface area contributed by atoms with Gasteiger partial charge < -0.3 is 4.74 Å². The number of ether oxygens (including phenoxy) is 1. The van der Waals surface area contributed by atoms with Gasteiger partial charge in [-0.2, -0.15) is 0 Å². The fourth-order valence-electron chi connectivity index (χ4n) is 7.34. The van der Waals surface area contributed by atoms with E-state index >= 15 is 0 Å². The van der Waals surface area contributed by atoms with E-state index in [9.17, 15) is 0 Å². The van der Waals surface area contributed by atoms with Crippen LogP contribution in [0.25, 0.3) is 61.2 Å². The Labute approximate surface area is 285 Å². The van der Waals surface area contributed by atoms with E-state index < -0.39 is 0 Å². The molecule has 48 heavy (non-hydrogen) atoms. The van der Waals surface area contributed by atoms with E-state index in [1.54, 1.807) is 0 Å². The van der Waals surface area contributed by atoms with Gasteiger partial charge in [0.2, 0.25) is 0 Å². The van der Waals surface area contributed by atoms with Crippen LogP contribution in [0.2, 0.25) is 0 Å². The SMILES string of the molecule is CC1CC=Cc2sc3c4c(ccc3c21)C(C)(C)c1cc(-c2ccc(-c3cc(-c5ccccc5)nc(-c5ccccc5)n3)cc2)ccc1O4. The lowest BCUT2D eigenvalue weighted by Gasteiger charge is -2.35. The van der Waals surface area contributed by atoms with Crippen LogP contribution in [-0.2, 0) is 5.41 Å². The number of hydrogen-bond acceptors (Lipinski definition) is 4. The van der Waals surface area contributed by atoms with Gasteiger partial charge in [-0.1, -0.05) is 130 Å². The van der Waals surface area contributed by atoms with Gasteiger partial charge in [-0.3, -0.25) is 0 Å². The topological polar surface area (TPSA) is 35.0 Å². The summed E-state index contributed by atoms with van der Waals surface area (Å²) in [4.78, 5) is 11.3. The van der Waals surface area contributed by atoms with Crippen LogP contribution in [-0.4, -0.2) is 9.97 Å². The minimum atomic E-state index is -0.207. The van der Waals surface area contributed by atoms with E-state index in [1.807, 2.05) is 47.7 Å². The van der Waals surface area contributed by atoms with Crippen LogP contribution >= 0.6 is 11.3 Å². The molecule has 9 rings (SSSR count). The summed E-state index contributed by atoms with van der Waals surface area (Å²) in [5.74, 6) is 3.22. The molecule has 2 aliphatic rings. The number of hydrogen-bond donors (Lipinski definition) is 0. The monoisotopic (exact) mass is 638 g/mol. The molecule has 7 aromatic rings. The van der Waals surface area contributed by atoms with Crippen molar-refractivity contribution in [3.8, 4) is 56.5 Å². The number of benzene rings is 5. The van der Waals surface area contributed by atoms with E-state index in [0.717, 1.165) is 57.4 Å². The lowest BCUT2D eigenvalue weighted by Crippen LogP contribution is -2.24. The molecule has 1 atom stereocenters. The number of fused-ring (bicyclic) bond motifs is 6. The molecule has 0 N–H and O–H groups in total. The standard InChI is InChI=1S/C44H34N2OS/c1-27-11-10-16-39-40(27)33-22-23-34-41(42(33)48-39)47-38-24-21-32(25-35(38)44(34,2)3)28-17-19-30(20-18-28)37-26-36(29-12-6-4-7-13-29)45-43(46-37)31-14-8-5-9-15-31/h4-10,12-27H,11H2,1-3H3. The zero-order valence-electron chi connectivity index (χ0n) is 27.2. The molecule has 0 fully saturated rings. The summed E-state index contributed by atoms with van der Waals surface area (Å²) in [6.07, 6.45) is 5.69. The minimum Gasteiger partial charge on any atom is -0.455 e. The van der Waals surface area contributed by atoms with Gasteiger partial charge >= 0.3 is 0 Å². The van der Waals surface area contributed by atoms with Gasteiger partial charge in [-0.15, -0.1) is 11.3 Å². The van der Waals surface area contributed by atoms with Crippen LogP contribution in [0, 0.1) is 0 Å². The molecule has 4 heteroatoms. The molecule has 0 bridgehead atoms. The second kappa shape index (κ2) is 11.1. The summed E-state index contributed by atoms with van der Waals surface area (Å²) in [6, 6.07) is 42.6. The van der Waals surface area contributed by atoms with E-state index in [4.69, 9.17) is 14.7 Å². The van der Waals surface area contributed by atoms with Gasteiger partial charge in [0.25, 0.3) is 0 Å². The minimum absolute atomic E-state index is 0.207. The van der Waals surface area contributed by atoms with Crippen molar-refractivity contribution in [1.29, 1.82) is 0 Å². The van der Waals surface area contributed by atoms with Gasteiger partial charge in [0, 0.05) is 43.5 Å². The summed E-state index contributed by atoms with van der Waals surface area (Å²) in [6.45, 7) is 6.98. The molecular weight excluding hydrogens is 605 g/mol. The number of rotatable bonds is 4. The van der Waals surface area contributed by atoms with Crippen molar-refractivity contribution in [2.24, 2.45) is 0 Å². The third-order valence-corrected chi connectivity index (χ3v) is 11.2. The zero-order chi connectivity index (χ0) is 32.4. The predicted molar refractivity (Wildman–Crippen MR) is 200 cm³/mol. The summed E-state index contributed by atoms with van der Waals surface area (Å²) < 4.78 is 8.04. The molecule has 2 aromatic heterocycles. The average molecular weight is 639 g/mol. The lowest BCUT2D eigenvalue weighted by atomic mass is 9.74. The molecule has 0 amide bonds. The maximum absolute atomic E-state index is 6.77. The van der Waals surface area contributed by atoms with E-state index in [0.29, 0.717) is 5.92 Å². The maximum atomic E-state index is 6.77. The van der Waals surface area contributed by atoms with Crippen LogP contribution in [0.5, 0.6) is 11.5 Å². The summed E-state index contributed by atoms with van der Waals surface area (Å²) in [5.41, 5.74) is 11.0. The van der Waals surface area contributed by atoms with E-state index in [-0.39, 0.29) is 5.41 Å². The molecule has 3 heterocycles. The van der Waals surface area contributed by atoms with Crippen LogP contribution in [0.1, 0.15) is 54.7 Å². The van der Waals surface area contributed by atoms with Crippen LogP contribution in [0.15, 0.2) is 127 Å². The van der Waals surface area contributed by atoms with Crippen molar-refractivity contribution in [3.05, 3.63) is 149 Å². The summed E-state index contributed by atoms with van der Waals surface area (Å²) >= 11 is 1.87. The van der Waals surface area contributed by atoms with Crippen molar-refractivity contribution in [2.45, 2.75) is 38.5 Å². The predicted octanol–water partition coefficient (Wildman–Crippen LogP) is 12.3. The average Bonchev–Trinajstić information content (AvgIpc) is 3.53.